The van der Waals surface area contributed by atoms with Crippen molar-refractivity contribution in [3.8, 4) is 5.75 Å². The number of nitrogens with one attached hydrogen (secondary N) is 1. The summed E-state index contributed by atoms with van der Waals surface area (Å²) in [5.41, 5.74) is 0. The first kappa shape index (κ1) is 16.9. The molecule has 1 atom stereocenters. The standard InChI is InChI=1S/C15H24FNO3/c16-13-5-7-15(8-6-13)20-12-14(19)11-17-9-3-1-2-4-10-18/h5-8,14,17-19H,1-4,9-12H2. The van der Waals surface area contributed by atoms with Crippen LogP contribution in [0.5, 0.6) is 5.75 Å². The first-order valence-corrected chi connectivity index (χ1v) is 7.10. The number of halogens is 1. The van der Waals surface area contributed by atoms with Crippen molar-refractivity contribution in [2.75, 3.05) is 26.3 Å². The van der Waals surface area contributed by atoms with Crippen LogP contribution in [0.4, 0.5) is 4.39 Å². The fraction of sp³-hybridized carbons (Fsp3) is 0.600. The van der Waals surface area contributed by atoms with Gasteiger partial charge in [-0.15, -0.1) is 0 Å². The van der Waals surface area contributed by atoms with Gasteiger partial charge in [0.05, 0.1) is 0 Å². The highest BCUT2D eigenvalue weighted by Crippen LogP contribution is 2.11. The van der Waals surface area contributed by atoms with E-state index < -0.39 is 6.10 Å². The van der Waals surface area contributed by atoms with Gasteiger partial charge >= 0.3 is 0 Å². The average Bonchev–Trinajstić information content (AvgIpc) is 2.46. The van der Waals surface area contributed by atoms with Gasteiger partial charge in [0.2, 0.25) is 0 Å². The maximum atomic E-state index is 12.7. The highest BCUT2D eigenvalue weighted by Gasteiger charge is 2.04. The molecule has 1 unspecified atom stereocenters. The molecule has 0 spiro atoms. The normalized spacial score (nSPS) is 12.3. The maximum absolute atomic E-state index is 12.7. The van der Waals surface area contributed by atoms with Crippen molar-refractivity contribution in [2.24, 2.45) is 0 Å². The molecule has 0 bridgehead atoms. The van der Waals surface area contributed by atoms with Gasteiger partial charge in [0.1, 0.15) is 24.3 Å². The summed E-state index contributed by atoms with van der Waals surface area (Å²) in [7, 11) is 0. The van der Waals surface area contributed by atoms with E-state index >= 15 is 0 Å². The molecule has 1 aromatic carbocycles. The zero-order chi connectivity index (χ0) is 14.6. The highest BCUT2D eigenvalue weighted by molar-refractivity contribution is 5.22. The molecular weight excluding hydrogens is 261 g/mol. The molecule has 20 heavy (non-hydrogen) atoms. The third kappa shape index (κ3) is 8.09. The Morgan fingerprint density at radius 3 is 2.50 bits per heavy atom. The van der Waals surface area contributed by atoms with Gasteiger partial charge in [-0.2, -0.15) is 0 Å². The summed E-state index contributed by atoms with van der Waals surface area (Å²) in [6.45, 7) is 1.76. The lowest BCUT2D eigenvalue weighted by Crippen LogP contribution is -2.32. The Hall–Kier alpha value is -1.17. The summed E-state index contributed by atoms with van der Waals surface area (Å²) >= 11 is 0. The van der Waals surface area contributed by atoms with Crippen LogP contribution in [0.2, 0.25) is 0 Å². The zero-order valence-corrected chi connectivity index (χ0v) is 11.7. The van der Waals surface area contributed by atoms with Crippen molar-refractivity contribution < 1.29 is 19.3 Å². The lowest BCUT2D eigenvalue weighted by Gasteiger charge is -2.13. The third-order valence-electron chi connectivity index (χ3n) is 2.90. The molecule has 1 aromatic rings. The van der Waals surface area contributed by atoms with Gasteiger partial charge in [0.25, 0.3) is 0 Å². The van der Waals surface area contributed by atoms with Gasteiger partial charge in [-0.1, -0.05) is 12.8 Å². The third-order valence-corrected chi connectivity index (χ3v) is 2.90. The highest BCUT2D eigenvalue weighted by atomic mass is 19.1. The molecule has 0 fully saturated rings. The quantitative estimate of drug-likeness (QED) is 0.542. The van der Waals surface area contributed by atoms with E-state index in [2.05, 4.69) is 5.32 Å². The zero-order valence-electron chi connectivity index (χ0n) is 11.7. The molecule has 0 saturated heterocycles. The molecule has 0 amide bonds. The van der Waals surface area contributed by atoms with Gasteiger partial charge in [0, 0.05) is 13.2 Å². The van der Waals surface area contributed by atoms with Crippen LogP contribution in [0.1, 0.15) is 25.7 Å². The molecule has 0 heterocycles. The molecule has 0 aliphatic carbocycles. The largest absolute Gasteiger partial charge is 0.491 e. The van der Waals surface area contributed by atoms with Crippen LogP contribution in [0.3, 0.4) is 0 Å². The van der Waals surface area contributed by atoms with E-state index in [0.717, 1.165) is 32.2 Å². The lowest BCUT2D eigenvalue weighted by molar-refractivity contribution is 0.106. The van der Waals surface area contributed by atoms with Gasteiger partial charge in [-0.25, -0.2) is 4.39 Å². The Kier molecular flexibility index (Phi) is 8.95. The number of hydrogen-bond donors (Lipinski definition) is 3. The maximum Gasteiger partial charge on any atom is 0.123 e. The molecule has 114 valence electrons. The Labute approximate surface area is 119 Å². The Morgan fingerprint density at radius 1 is 1.10 bits per heavy atom. The monoisotopic (exact) mass is 285 g/mol. The van der Waals surface area contributed by atoms with E-state index in [1.54, 1.807) is 0 Å². The van der Waals surface area contributed by atoms with Crippen molar-refractivity contribution >= 4 is 0 Å². The second kappa shape index (κ2) is 10.6. The number of benzene rings is 1. The van der Waals surface area contributed by atoms with Gasteiger partial charge in [-0.3, -0.25) is 0 Å². The van der Waals surface area contributed by atoms with Crippen LogP contribution in [0, 0.1) is 5.82 Å². The Balaban J connectivity index is 2.00. The molecule has 0 aliphatic heterocycles. The van der Waals surface area contributed by atoms with Crippen molar-refractivity contribution in [3.63, 3.8) is 0 Å². The SMILES string of the molecule is OCCCCCCNCC(O)COc1ccc(F)cc1. The number of rotatable bonds is 11. The first-order chi connectivity index (χ1) is 9.72. The predicted molar refractivity (Wildman–Crippen MR) is 76.3 cm³/mol. The minimum absolute atomic E-state index is 0.184. The van der Waals surface area contributed by atoms with Crippen molar-refractivity contribution in [1.82, 2.24) is 5.32 Å². The molecular formula is C15H24FNO3. The Morgan fingerprint density at radius 2 is 1.80 bits per heavy atom. The number of aliphatic hydroxyl groups is 2. The predicted octanol–water partition coefficient (Wildman–Crippen LogP) is 1.71. The molecule has 0 radical (unpaired) electrons. The number of hydrogen-bond acceptors (Lipinski definition) is 4. The summed E-state index contributed by atoms with van der Waals surface area (Å²) in [5.74, 6) is 0.246. The topological polar surface area (TPSA) is 61.7 Å². The van der Waals surface area contributed by atoms with Crippen LogP contribution in [-0.2, 0) is 0 Å². The van der Waals surface area contributed by atoms with Crippen LogP contribution in [0.25, 0.3) is 0 Å². The fourth-order valence-corrected chi connectivity index (χ4v) is 1.77. The molecule has 0 aromatic heterocycles. The number of ether oxygens (including phenoxy) is 1. The van der Waals surface area contributed by atoms with Crippen molar-refractivity contribution in [2.45, 2.75) is 31.8 Å². The molecule has 4 nitrogen and oxygen atoms in total. The van der Waals surface area contributed by atoms with E-state index in [-0.39, 0.29) is 19.0 Å². The van der Waals surface area contributed by atoms with Crippen molar-refractivity contribution in [1.29, 1.82) is 0 Å². The second-order valence-corrected chi connectivity index (χ2v) is 4.76. The van der Waals surface area contributed by atoms with Crippen LogP contribution in [0.15, 0.2) is 24.3 Å². The fourth-order valence-electron chi connectivity index (χ4n) is 1.77. The van der Waals surface area contributed by atoms with Crippen molar-refractivity contribution in [3.05, 3.63) is 30.1 Å². The van der Waals surface area contributed by atoms with Gasteiger partial charge in [0.15, 0.2) is 0 Å². The molecule has 0 saturated carbocycles. The summed E-state index contributed by atoms with van der Waals surface area (Å²) < 4.78 is 18.0. The first-order valence-electron chi connectivity index (χ1n) is 7.10. The Bertz CT molecular complexity index is 345. The number of aliphatic hydroxyl groups excluding tert-OH is 2. The van der Waals surface area contributed by atoms with E-state index in [1.165, 1.54) is 24.3 Å². The average molecular weight is 285 g/mol. The smallest absolute Gasteiger partial charge is 0.123 e. The van der Waals surface area contributed by atoms with E-state index in [1.807, 2.05) is 0 Å². The minimum atomic E-state index is -0.586. The van der Waals surface area contributed by atoms with E-state index in [4.69, 9.17) is 9.84 Å². The van der Waals surface area contributed by atoms with Gasteiger partial charge in [-0.05, 0) is 43.7 Å². The molecule has 1 rings (SSSR count). The van der Waals surface area contributed by atoms with E-state index in [0.29, 0.717) is 12.3 Å². The molecule has 3 N–H and O–H groups in total. The lowest BCUT2D eigenvalue weighted by atomic mass is 10.2. The summed E-state index contributed by atoms with van der Waals surface area (Å²) in [6, 6.07) is 5.73. The van der Waals surface area contributed by atoms with Gasteiger partial charge < -0.3 is 20.3 Å². The summed E-state index contributed by atoms with van der Waals surface area (Å²) in [5, 5.41) is 21.5. The number of unbranched alkanes of at least 4 members (excludes halogenated alkanes) is 3. The second-order valence-electron chi connectivity index (χ2n) is 4.76. The van der Waals surface area contributed by atoms with E-state index in [9.17, 15) is 9.50 Å². The van der Waals surface area contributed by atoms with Crippen LogP contribution >= 0.6 is 0 Å². The summed E-state index contributed by atoms with van der Waals surface area (Å²) in [6.07, 6.45) is 3.42. The minimum Gasteiger partial charge on any atom is -0.491 e. The molecule has 0 aliphatic rings. The van der Waals surface area contributed by atoms with Crippen LogP contribution in [-0.4, -0.2) is 42.6 Å². The molecule has 5 heteroatoms. The summed E-state index contributed by atoms with van der Waals surface area (Å²) in [4.78, 5) is 0. The van der Waals surface area contributed by atoms with Crippen LogP contribution < -0.4 is 10.1 Å².